The molecule has 1 fully saturated rings. The van der Waals surface area contributed by atoms with Gasteiger partial charge < -0.3 is 9.88 Å². The quantitative estimate of drug-likeness (QED) is 0.475. The Morgan fingerprint density at radius 3 is 2.62 bits per heavy atom. The van der Waals surface area contributed by atoms with Crippen molar-refractivity contribution in [2.24, 2.45) is 0 Å². The van der Waals surface area contributed by atoms with E-state index in [0.717, 1.165) is 50.8 Å². The summed E-state index contributed by atoms with van der Waals surface area (Å²) in [6.07, 6.45) is 2.31. The van der Waals surface area contributed by atoms with Gasteiger partial charge in [-0.05, 0) is 69.7 Å². The highest BCUT2D eigenvalue weighted by Gasteiger charge is 2.54. The molecule has 1 aliphatic carbocycles. The van der Waals surface area contributed by atoms with E-state index in [0.29, 0.717) is 12.0 Å². The molecule has 0 unspecified atom stereocenters. The fourth-order valence-corrected chi connectivity index (χ4v) is 6.05. The Hall–Kier alpha value is -3.19. The Morgan fingerprint density at radius 2 is 1.88 bits per heavy atom. The van der Waals surface area contributed by atoms with Crippen LogP contribution < -0.4 is 5.32 Å². The first kappa shape index (κ1) is 20.7. The molecule has 32 heavy (non-hydrogen) atoms. The Labute approximate surface area is 190 Å². The van der Waals surface area contributed by atoms with Gasteiger partial charge in [-0.3, -0.25) is 14.5 Å². The maximum absolute atomic E-state index is 13.4. The molecule has 164 valence electrons. The smallest absolute Gasteiger partial charge is 0.319 e. The van der Waals surface area contributed by atoms with E-state index in [9.17, 15) is 14.4 Å². The Kier molecular flexibility index (Phi) is 4.82. The molecular weight excluding hydrogens is 422 g/mol. The molecule has 2 aliphatic rings. The van der Waals surface area contributed by atoms with Crippen LogP contribution in [0.15, 0.2) is 41.8 Å². The molecule has 5 rings (SSSR count). The van der Waals surface area contributed by atoms with Gasteiger partial charge in [0.1, 0.15) is 5.54 Å². The summed E-state index contributed by atoms with van der Waals surface area (Å²) in [7, 11) is 0. The second kappa shape index (κ2) is 7.45. The Morgan fingerprint density at radius 1 is 1.12 bits per heavy atom. The van der Waals surface area contributed by atoms with Gasteiger partial charge in [-0.2, -0.15) is 0 Å². The van der Waals surface area contributed by atoms with Crippen molar-refractivity contribution in [3.05, 3.63) is 74.7 Å². The third-order valence-corrected chi connectivity index (χ3v) is 7.64. The number of benzene rings is 1. The molecule has 1 aliphatic heterocycles. The number of aryl methyl sites for hydroxylation is 3. The first-order valence-corrected chi connectivity index (χ1v) is 11.7. The minimum Gasteiger partial charge on any atom is -0.319 e. The number of urea groups is 1. The number of rotatable bonds is 4. The first-order chi connectivity index (χ1) is 15.3. The van der Waals surface area contributed by atoms with Crippen LogP contribution in [-0.2, 0) is 16.8 Å². The van der Waals surface area contributed by atoms with E-state index < -0.39 is 11.6 Å². The number of thiophene rings is 1. The first-order valence-electron chi connectivity index (χ1n) is 10.8. The van der Waals surface area contributed by atoms with Gasteiger partial charge in [0.25, 0.3) is 5.91 Å². The summed E-state index contributed by atoms with van der Waals surface area (Å²) in [5.74, 6) is -0.555. The van der Waals surface area contributed by atoms with E-state index in [4.69, 9.17) is 0 Å². The number of carbonyl (C=O) groups is 3. The monoisotopic (exact) mass is 447 g/mol. The molecule has 6 nitrogen and oxygen atoms in total. The van der Waals surface area contributed by atoms with E-state index in [1.165, 1.54) is 0 Å². The van der Waals surface area contributed by atoms with Crippen LogP contribution in [0.1, 0.15) is 50.6 Å². The van der Waals surface area contributed by atoms with E-state index in [2.05, 4.69) is 5.32 Å². The van der Waals surface area contributed by atoms with Gasteiger partial charge in [0.05, 0.1) is 6.54 Å². The normalized spacial score (nSPS) is 20.0. The number of Topliss-reactive ketones (excluding diaryl/α,β-unsaturated/α-hetero) is 1. The summed E-state index contributed by atoms with van der Waals surface area (Å²) < 4.78 is 2.03. The second-order valence-corrected chi connectivity index (χ2v) is 9.72. The zero-order valence-corrected chi connectivity index (χ0v) is 19.2. The molecular formula is C25H25N3O3S. The van der Waals surface area contributed by atoms with E-state index >= 15 is 0 Å². The van der Waals surface area contributed by atoms with Gasteiger partial charge in [0.15, 0.2) is 5.78 Å². The van der Waals surface area contributed by atoms with Crippen molar-refractivity contribution in [3.63, 3.8) is 0 Å². The summed E-state index contributed by atoms with van der Waals surface area (Å²) in [6.45, 7) is 5.62. The molecule has 3 amide bonds. The van der Waals surface area contributed by atoms with Gasteiger partial charge in [-0.15, -0.1) is 11.3 Å². The Balaban J connectivity index is 1.43. The van der Waals surface area contributed by atoms with Crippen molar-refractivity contribution in [3.8, 4) is 5.69 Å². The number of ketones is 1. The lowest BCUT2D eigenvalue weighted by molar-refractivity contribution is -0.131. The van der Waals surface area contributed by atoms with Gasteiger partial charge >= 0.3 is 6.03 Å². The highest BCUT2D eigenvalue weighted by Crippen LogP contribution is 2.42. The SMILES string of the molecule is Cc1ccc(-n2c(C)cc(C(=O)CN3C(=O)N[C@]4(CCCc5sccc54)C3=O)c2C)cc1. The van der Waals surface area contributed by atoms with E-state index in [-0.39, 0.29) is 18.2 Å². The molecule has 3 heterocycles. The number of fused-ring (bicyclic) bond motifs is 2. The maximum Gasteiger partial charge on any atom is 0.325 e. The second-order valence-electron chi connectivity index (χ2n) is 8.72. The average molecular weight is 448 g/mol. The van der Waals surface area contributed by atoms with Crippen molar-refractivity contribution < 1.29 is 14.4 Å². The number of amides is 3. The van der Waals surface area contributed by atoms with Crippen LogP contribution in [0.25, 0.3) is 5.69 Å². The van der Waals surface area contributed by atoms with Crippen LogP contribution in [-0.4, -0.2) is 33.7 Å². The predicted octanol–water partition coefficient (Wildman–Crippen LogP) is 4.43. The zero-order valence-electron chi connectivity index (χ0n) is 18.4. The van der Waals surface area contributed by atoms with Crippen LogP contribution in [0.3, 0.4) is 0 Å². The largest absolute Gasteiger partial charge is 0.325 e. The topological polar surface area (TPSA) is 71.4 Å². The predicted molar refractivity (Wildman–Crippen MR) is 123 cm³/mol. The highest BCUT2D eigenvalue weighted by molar-refractivity contribution is 7.10. The fourth-order valence-electron chi connectivity index (χ4n) is 5.05. The highest BCUT2D eigenvalue weighted by atomic mass is 32.1. The minimum atomic E-state index is -1.02. The number of nitrogens with one attached hydrogen (secondary N) is 1. The third-order valence-electron chi connectivity index (χ3n) is 6.66. The van der Waals surface area contributed by atoms with Crippen LogP contribution >= 0.6 is 11.3 Å². The summed E-state index contributed by atoms with van der Waals surface area (Å²) in [6, 6.07) is 11.4. The van der Waals surface area contributed by atoms with Gasteiger partial charge in [-0.25, -0.2) is 4.79 Å². The molecule has 0 radical (unpaired) electrons. The van der Waals surface area contributed by atoms with Crippen LogP contribution in [0, 0.1) is 20.8 Å². The lowest BCUT2D eigenvalue weighted by Crippen LogP contribution is -2.46. The van der Waals surface area contributed by atoms with Crippen molar-refractivity contribution in [1.82, 2.24) is 14.8 Å². The molecule has 2 aromatic heterocycles. The molecule has 1 aromatic carbocycles. The van der Waals surface area contributed by atoms with Crippen molar-refractivity contribution in [2.75, 3.05) is 6.54 Å². The summed E-state index contributed by atoms with van der Waals surface area (Å²) in [5, 5.41) is 4.88. The molecule has 1 spiro atoms. The van der Waals surface area contributed by atoms with Crippen molar-refractivity contribution >= 4 is 29.1 Å². The maximum atomic E-state index is 13.4. The van der Waals surface area contributed by atoms with Crippen LogP contribution in [0.2, 0.25) is 0 Å². The third kappa shape index (κ3) is 3.03. The average Bonchev–Trinajstić information content (AvgIpc) is 3.42. The summed E-state index contributed by atoms with van der Waals surface area (Å²) in [4.78, 5) is 41.7. The number of nitrogens with zero attached hydrogens (tertiary/aromatic N) is 2. The van der Waals surface area contributed by atoms with Crippen LogP contribution in [0.4, 0.5) is 4.79 Å². The number of hydrogen-bond acceptors (Lipinski definition) is 4. The number of imide groups is 1. The van der Waals surface area contributed by atoms with Gasteiger partial charge in [0.2, 0.25) is 0 Å². The zero-order chi connectivity index (χ0) is 22.6. The molecule has 0 bridgehead atoms. The Bertz CT molecular complexity index is 1250. The minimum absolute atomic E-state index is 0.238. The van der Waals surface area contributed by atoms with Gasteiger partial charge in [-0.1, -0.05) is 17.7 Å². The van der Waals surface area contributed by atoms with Crippen molar-refractivity contribution in [2.45, 2.75) is 45.6 Å². The number of carbonyl (C=O) groups excluding carboxylic acids is 3. The van der Waals surface area contributed by atoms with Crippen LogP contribution in [0.5, 0.6) is 0 Å². The lowest BCUT2D eigenvalue weighted by atomic mass is 9.80. The number of hydrogen-bond donors (Lipinski definition) is 1. The summed E-state index contributed by atoms with van der Waals surface area (Å²) >= 11 is 1.61. The van der Waals surface area contributed by atoms with Crippen molar-refractivity contribution in [1.29, 1.82) is 0 Å². The molecule has 3 aromatic rings. The molecule has 0 saturated carbocycles. The molecule has 7 heteroatoms. The standard InChI is InChI=1S/C25H25N3O3S/c1-15-6-8-18(9-7-15)28-16(2)13-19(17(28)3)21(29)14-27-23(30)25(26-24(27)31)11-4-5-22-20(25)10-12-32-22/h6-10,12-13H,4-5,11,14H2,1-3H3,(H,26,31)/t25-/m0/s1. The summed E-state index contributed by atoms with van der Waals surface area (Å²) in [5.41, 5.74) is 4.27. The van der Waals surface area contributed by atoms with Gasteiger partial charge in [0, 0.05) is 33.1 Å². The molecule has 1 saturated heterocycles. The fraction of sp³-hybridized carbons (Fsp3) is 0.320. The molecule has 1 N–H and O–H groups in total. The lowest BCUT2D eigenvalue weighted by Gasteiger charge is -2.31. The van der Waals surface area contributed by atoms with E-state index in [1.54, 1.807) is 11.3 Å². The van der Waals surface area contributed by atoms with E-state index in [1.807, 2.05) is 67.1 Å². The number of aromatic nitrogens is 1. The molecule has 1 atom stereocenters.